The van der Waals surface area contributed by atoms with Gasteiger partial charge >= 0.3 is 5.97 Å². The Hall–Kier alpha value is -3.33. The van der Waals surface area contributed by atoms with Crippen molar-refractivity contribution in [3.63, 3.8) is 0 Å². The second-order valence-corrected chi connectivity index (χ2v) is 6.58. The second-order valence-electron chi connectivity index (χ2n) is 5.55. The van der Waals surface area contributed by atoms with Crippen molar-refractivity contribution in [2.24, 2.45) is 4.99 Å². The Morgan fingerprint density at radius 2 is 2.11 bits per heavy atom. The first kappa shape index (κ1) is 19.4. The predicted octanol–water partition coefficient (Wildman–Crippen LogP) is 3.19. The van der Waals surface area contributed by atoms with Crippen molar-refractivity contribution < 1.29 is 28.6 Å². The number of hydrogen-bond donors (Lipinski definition) is 2. The summed E-state index contributed by atoms with van der Waals surface area (Å²) >= 11 is 1.12. The molecule has 1 aliphatic heterocycles. The summed E-state index contributed by atoms with van der Waals surface area (Å²) in [7, 11) is 1.43. The number of aliphatic imine (C=N–C) groups is 1. The number of carboxylic acid groups (broad SMARTS) is 1. The molecular weight excluding hydrogens is 387 g/mol. The number of benzene rings is 2. The summed E-state index contributed by atoms with van der Waals surface area (Å²) in [4.78, 5) is 27.4. The van der Waals surface area contributed by atoms with Gasteiger partial charge in [0.05, 0.1) is 17.7 Å². The molecule has 0 aromatic heterocycles. The molecule has 2 aromatic rings. The predicted molar refractivity (Wildman–Crippen MR) is 103 cm³/mol. The number of carbonyl (C=O) groups excluding carboxylic acids is 1. The van der Waals surface area contributed by atoms with E-state index in [0.717, 1.165) is 11.8 Å². The Morgan fingerprint density at radius 1 is 1.29 bits per heavy atom. The fourth-order valence-electron chi connectivity index (χ4n) is 2.33. The maximum atomic E-state index is 13.3. The van der Waals surface area contributed by atoms with Crippen LogP contribution >= 0.6 is 11.8 Å². The third-order valence-corrected chi connectivity index (χ3v) is 4.44. The van der Waals surface area contributed by atoms with Crippen LogP contribution in [0.25, 0.3) is 6.08 Å². The topological polar surface area (TPSA) is 97.2 Å². The molecule has 2 aromatic carbocycles. The molecule has 0 atom stereocenters. The van der Waals surface area contributed by atoms with E-state index < -0.39 is 18.4 Å². The molecule has 28 heavy (non-hydrogen) atoms. The Bertz CT molecular complexity index is 990. The number of halogens is 1. The van der Waals surface area contributed by atoms with E-state index >= 15 is 0 Å². The standard InChI is InChI=1S/C19H15FN2O5S/c1-26-15-7-11(5-6-14(15)27-10-17(23)24)8-16-18(25)22-19(28-16)21-13-4-2-3-12(20)9-13/h2-9H,10H2,1H3,(H,23,24)(H,21,22,25)/b16-8+. The summed E-state index contributed by atoms with van der Waals surface area (Å²) in [5.74, 6) is -1.22. The average molecular weight is 402 g/mol. The third-order valence-electron chi connectivity index (χ3n) is 3.53. The van der Waals surface area contributed by atoms with Gasteiger partial charge in [-0.2, -0.15) is 0 Å². The zero-order valence-electron chi connectivity index (χ0n) is 14.6. The largest absolute Gasteiger partial charge is 0.493 e. The molecule has 2 N–H and O–H groups in total. The highest BCUT2D eigenvalue weighted by Gasteiger charge is 2.24. The molecule has 0 saturated carbocycles. The van der Waals surface area contributed by atoms with Crippen LogP contribution in [0, 0.1) is 5.82 Å². The molecule has 9 heteroatoms. The molecule has 1 aliphatic rings. The van der Waals surface area contributed by atoms with Crippen molar-refractivity contribution in [1.29, 1.82) is 0 Å². The van der Waals surface area contributed by atoms with E-state index in [1.54, 1.807) is 30.3 Å². The summed E-state index contributed by atoms with van der Waals surface area (Å²) < 4.78 is 23.6. The lowest BCUT2D eigenvalue weighted by molar-refractivity contribution is -0.139. The van der Waals surface area contributed by atoms with Crippen LogP contribution in [-0.2, 0) is 9.59 Å². The maximum Gasteiger partial charge on any atom is 0.341 e. The van der Waals surface area contributed by atoms with Crippen LogP contribution < -0.4 is 14.8 Å². The monoisotopic (exact) mass is 402 g/mol. The molecular formula is C19H15FN2O5S. The first-order chi connectivity index (χ1) is 13.4. The number of nitrogens with one attached hydrogen (secondary N) is 1. The number of methoxy groups -OCH3 is 1. The van der Waals surface area contributed by atoms with Crippen molar-refractivity contribution in [3.05, 3.63) is 58.8 Å². The lowest BCUT2D eigenvalue weighted by Crippen LogP contribution is -2.19. The number of carbonyl (C=O) groups is 2. The van der Waals surface area contributed by atoms with Crippen LogP contribution in [0.4, 0.5) is 10.1 Å². The average Bonchev–Trinajstić information content (AvgIpc) is 2.99. The number of carboxylic acids is 1. The van der Waals surface area contributed by atoms with Gasteiger partial charge in [0.25, 0.3) is 5.91 Å². The summed E-state index contributed by atoms with van der Waals surface area (Å²) in [5.41, 5.74) is 1.05. The van der Waals surface area contributed by atoms with Crippen molar-refractivity contribution in [3.8, 4) is 11.5 Å². The van der Waals surface area contributed by atoms with Crippen molar-refractivity contribution in [1.82, 2.24) is 5.32 Å². The molecule has 1 heterocycles. The molecule has 0 radical (unpaired) electrons. The van der Waals surface area contributed by atoms with Crippen LogP contribution in [0.5, 0.6) is 11.5 Å². The number of hydrogen-bond acceptors (Lipinski definition) is 6. The maximum absolute atomic E-state index is 13.3. The van der Waals surface area contributed by atoms with E-state index in [9.17, 15) is 14.0 Å². The van der Waals surface area contributed by atoms with Gasteiger partial charge < -0.3 is 19.9 Å². The quantitative estimate of drug-likeness (QED) is 0.721. The molecule has 7 nitrogen and oxygen atoms in total. The van der Waals surface area contributed by atoms with Crippen molar-refractivity contribution in [2.45, 2.75) is 0 Å². The second kappa shape index (κ2) is 8.57. The van der Waals surface area contributed by atoms with E-state index in [-0.39, 0.29) is 11.7 Å². The molecule has 0 spiro atoms. The SMILES string of the molecule is COc1cc(/C=C2/SC(=Nc3cccc(F)c3)NC2=O)ccc1OCC(=O)O. The van der Waals surface area contributed by atoms with Crippen molar-refractivity contribution in [2.75, 3.05) is 13.7 Å². The molecule has 0 bridgehead atoms. The van der Waals surface area contributed by atoms with Gasteiger partial charge in [0, 0.05) is 0 Å². The van der Waals surface area contributed by atoms with Gasteiger partial charge in [-0.15, -0.1) is 0 Å². The normalized spacial score (nSPS) is 16.3. The first-order valence-corrected chi connectivity index (χ1v) is 8.84. The summed E-state index contributed by atoms with van der Waals surface area (Å²) in [6.07, 6.45) is 1.64. The molecule has 3 rings (SSSR count). The van der Waals surface area contributed by atoms with E-state index in [0.29, 0.717) is 27.1 Å². The molecule has 1 fully saturated rings. The Balaban J connectivity index is 1.79. The van der Waals surface area contributed by atoms with Crippen LogP contribution in [0.15, 0.2) is 52.4 Å². The van der Waals surface area contributed by atoms with Crippen LogP contribution in [0.1, 0.15) is 5.56 Å². The highest BCUT2D eigenvalue weighted by molar-refractivity contribution is 8.18. The lowest BCUT2D eigenvalue weighted by Gasteiger charge is -2.09. The molecule has 0 unspecified atom stereocenters. The Morgan fingerprint density at radius 3 is 2.82 bits per heavy atom. The van der Waals surface area contributed by atoms with E-state index in [2.05, 4.69) is 10.3 Å². The number of amides is 1. The fraction of sp³-hybridized carbons (Fsp3) is 0.105. The summed E-state index contributed by atoms with van der Waals surface area (Å²) in [6, 6.07) is 10.6. The van der Waals surface area contributed by atoms with Gasteiger partial charge in [0.15, 0.2) is 23.3 Å². The fourth-order valence-corrected chi connectivity index (χ4v) is 3.17. The van der Waals surface area contributed by atoms with Crippen molar-refractivity contribution >= 4 is 40.6 Å². The highest BCUT2D eigenvalue weighted by Crippen LogP contribution is 2.32. The number of rotatable bonds is 6. The molecule has 144 valence electrons. The zero-order valence-corrected chi connectivity index (χ0v) is 15.5. The molecule has 1 saturated heterocycles. The lowest BCUT2D eigenvalue weighted by atomic mass is 10.2. The first-order valence-electron chi connectivity index (χ1n) is 8.02. The molecule has 1 amide bonds. The number of ether oxygens (including phenoxy) is 2. The van der Waals surface area contributed by atoms with Gasteiger partial charge in [0.1, 0.15) is 5.82 Å². The van der Waals surface area contributed by atoms with Gasteiger partial charge in [-0.1, -0.05) is 12.1 Å². The van der Waals surface area contributed by atoms with Crippen LogP contribution in [0.3, 0.4) is 0 Å². The summed E-state index contributed by atoms with van der Waals surface area (Å²) in [6.45, 7) is -0.491. The van der Waals surface area contributed by atoms with E-state index in [4.69, 9.17) is 14.6 Å². The highest BCUT2D eigenvalue weighted by atomic mass is 32.2. The molecule has 0 aliphatic carbocycles. The van der Waals surface area contributed by atoms with Gasteiger partial charge in [-0.05, 0) is 53.7 Å². The van der Waals surface area contributed by atoms with Gasteiger partial charge in [-0.25, -0.2) is 14.2 Å². The summed E-state index contributed by atoms with van der Waals surface area (Å²) in [5, 5.41) is 11.7. The minimum Gasteiger partial charge on any atom is -0.493 e. The minimum absolute atomic E-state index is 0.281. The number of nitrogens with zero attached hydrogens (tertiary/aromatic N) is 1. The minimum atomic E-state index is -1.10. The Kier molecular flexibility index (Phi) is 5.95. The smallest absolute Gasteiger partial charge is 0.341 e. The van der Waals surface area contributed by atoms with Gasteiger partial charge in [-0.3, -0.25) is 4.79 Å². The Labute approximate surface area is 163 Å². The van der Waals surface area contributed by atoms with Gasteiger partial charge in [0.2, 0.25) is 0 Å². The van der Waals surface area contributed by atoms with E-state index in [1.807, 2.05) is 0 Å². The number of amidine groups is 1. The third kappa shape index (κ3) is 4.89. The number of thioether (sulfide) groups is 1. The zero-order chi connectivity index (χ0) is 20.1. The van der Waals surface area contributed by atoms with E-state index in [1.165, 1.54) is 25.3 Å². The number of aliphatic carboxylic acids is 1. The van der Waals surface area contributed by atoms with Crippen LogP contribution in [0.2, 0.25) is 0 Å². The van der Waals surface area contributed by atoms with Crippen LogP contribution in [-0.4, -0.2) is 35.9 Å².